The predicted octanol–water partition coefficient (Wildman–Crippen LogP) is 3.39. The Morgan fingerprint density at radius 3 is 2.33 bits per heavy atom. The number of aldehydes is 1. The number of hydrogen-bond donors (Lipinski definition) is 0. The van der Waals surface area contributed by atoms with Gasteiger partial charge < -0.3 is 9.53 Å². The molecule has 1 amide bonds. The molecule has 0 heterocycles. The molecule has 1 rings (SSSR count). The van der Waals surface area contributed by atoms with Crippen molar-refractivity contribution in [3.63, 3.8) is 0 Å². The van der Waals surface area contributed by atoms with Gasteiger partial charge in [-0.05, 0) is 45.0 Å². The van der Waals surface area contributed by atoms with E-state index in [0.29, 0.717) is 12.0 Å². The maximum atomic E-state index is 12.0. The first-order valence-corrected chi connectivity index (χ1v) is 6.32. The maximum Gasteiger partial charge on any atom is 0.415 e. The zero-order chi connectivity index (χ0) is 13.8. The van der Waals surface area contributed by atoms with Gasteiger partial charge in [0.15, 0.2) is 0 Å². The van der Waals surface area contributed by atoms with E-state index < -0.39 is 11.7 Å². The molecule has 0 bridgehead atoms. The number of carbonyl (C=O) groups excluding carboxylic acids is 2. The Kier molecular flexibility index (Phi) is 4.90. The first-order chi connectivity index (χ1) is 8.33. The number of nitrogens with zero attached hydrogens (tertiary/aromatic N) is 1. The van der Waals surface area contributed by atoms with E-state index in [1.54, 1.807) is 45.0 Å². The first kappa shape index (κ1) is 14.7. The lowest BCUT2D eigenvalue weighted by Gasteiger charge is -2.26. The van der Waals surface area contributed by atoms with Crippen molar-refractivity contribution in [2.75, 3.05) is 11.4 Å². The number of hydrogen-bond acceptors (Lipinski definition) is 3. The summed E-state index contributed by atoms with van der Waals surface area (Å²) >= 11 is 3.32. The lowest BCUT2D eigenvalue weighted by molar-refractivity contribution is -0.106. The summed E-state index contributed by atoms with van der Waals surface area (Å²) in [7, 11) is 0. The molecule has 5 heteroatoms. The van der Waals surface area contributed by atoms with Crippen LogP contribution in [0.25, 0.3) is 0 Å². The van der Waals surface area contributed by atoms with Gasteiger partial charge in [-0.3, -0.25) is 4.90 Å². The van der Waals surface area contributed by atoms with Crippen LogP contribution in [0.5, 0.6) is 0 Å². The van der Waals surface area contributed by atoms with Crippen molar-refractivity contribution in [2.24, 2.45) is 0 Å². The SMILES string of the molecule is CC(C)(C)OC(=O)N(CC=O)c1ccc(Br)cc1. The zero-order valence-electron chi connectivity index (χ0n) is 10.6. The molecule has 0 aromatic heterocycles. The number of carbonyl (C=O) groups is 2. The minimum Gasteiger partial charge on any atom is -0.443 e. The molecule has 0 saturated carbocycles. The number of rotatable bonds is 3. The van der Waals surface area contributed by atoms with E-state index in [2.05, 4.69) is 15.9 Å². The summed E-state index contributed by atoms with van der Waals surface area (Å²) in [5.41, 5.74) is 0.0349. The maximum absolute atomic E-state index is 12.0. The van der Waals surface area contributed by atoms with E-state index in [-0.39, 0.29) is 6.54 Å². The molecule has 0 unspecified atom stereocenters. The Labute approximate surface area is 115 Å². The minimum atomic E-state index is -0.590. The monoisotopic (exact) mass is 313 g/mol. The Morgan fingerprint density at radius 1 is 1.33 bits per heavy atom. The van der Waals surface area contributed by atoms with Gasteiger partial charge in [0.05, 0.1) is 6.54 Å². The van der Waals surface area contributed by atoms with E-state index >= 15 is 0 Å². The topological polar surface area (TPSA) is 46.6 Å². The zero-order valence-corrected chi connectivity index (χ0v) is 12.2. The number of ether oxygens (including phenoxy) is 1. The van der Waals surface area contributed by atoms with Gasteiger partial charge in [0.1, 0.15) is 11.9 Å². The van der Waals surface area contributed by atoms with Crippen LogP contribution in [0.4, 0.5) is 10.5 Å². The molecule has 4 nitrogen and oxygen atoms in total. The summed E-state index contributed by atoms with van der Waals surface area (Å²) in [5.74, 6) is 0. The Hall–Kier alpha value is -1.36. The second-order valence-corrected chi connectivity index (χ2v) is 5.65. The molecule has 0 aliphatic heterocycles. The highest BCUT2D eigenvalue weighted by atomic mass is 79.9. The molecule has 0 saturated heterocycles. The Bertz CT molecular complexity index is 423. The number of benzene rings is 1. The smallest absolute Gasteiger partial charge is 0.415 e. The molecule has 0 aliphatic carbocycles. The van der Waals surface area contributed by atoms with Crippen molar-refractivity contribution in [1.29, 1.82) is 0 Å². The van der Waals surface area contributed by atoms with Crippen LogP contribution in [0.3, 0.4) is 0 Å². The fraction of sp³-hybridized carbons (Fsp3) is 0.385. The van der Waals surface area contributed by atoms with Crippen LogP contribution in [0.2, 0.25) is 0 Å². The van der Waals surface area contributed by atoms with E-state index in [1.807, 2.05) is 0 Å². The van der Waals surface area contributed by atoms with Crippen molar-refractivity contribution in [1.82, 2.24) is 0 Å². The molecule has 18 heavy (non-hydrogen) atoms. The Balaban J connectivity index is 2.91. The first-order valence-electron chi connectivity index (χ1n) is 5.53. The van der Waals surface area contributed by atoms with Crippen LogP contribution >= 0.6 is 15.9 Å². The van der Waals surface area contributed by atoms with Gasteiger partial charge in [0, 0.05) is 10.2 Å². The molecule has 1 aromatic carbocycles. The molecule has 0 radical (unpaired) electrons. The normalized spacial score (nSPS) is 10.9. The van der Waals surface area contributed by atoms with Crippen LogP contribution in [-0.4, -0.2) is 24.5 Å². The fourth-order valence-corrected chi connectivity index (χ4v) is 1.56. The van der Waals surface area contributed by atoms with Crippen LogP contribution in [0, 0.1) is 0 Å². The van der Waals surface area contributed by atoms with Gasteiger partial charge in [-0.15, -0.1) is 0 Å². The Morgan fingerprint density at radius 2 is 1.89 bits per heavy atom. The highest BCUT2D eigenvalue weighted by Crippen LogP contribution is 2.20. The van der Waals surface area contributed by atoms with Crippen molar-refractivity contribution in [3.8, 4) is 0 Å². The third-order valence-corrected chi connectivity index (χ3v) is 2.54. The van der Waals surface area contributed by atoms with Crippen LogP contribution in [0.15, 0.2) is 28.7 Å². The number of halogens is 1. The lowest BCUT2D eigenvalue weighted by atomic mass is 10.2. The van der Waals surface area contributed by atoms with Gasteiger partial charge in [0.2, 0.25) is 0 Å². The molecular weight excluding hydrogens is 298 g/mol. The average molecular weight is 314 g/mol. The van der Waals surface area contributed by atoms with Gasteiger partial charge >= 0.3 is 6.09 Å². The highest BCUT2D eigenvalue weighted by Gasteiger charge is 2.22. The third kappa shape index (κ3) is 4.49. The molecule has 0 fully saturated rings. The van der Waals surface area contributed by atoms with Crippen LogP contribution < -0.4 is 4.90 Å². The largest absolute Gasteiger partial charge is 0.443 e. The summed E-state index contributed by atoms with van der Waals surface area (Å²) in [5, 5.41) is 0. The quantitative estimate of drug-likeness (QED) is 0.804. The van der Waals surface area contributed by atoms with Crippen LogP contribution in [-0.2, 0) is 9.53 Å². The molecule has 0 N–H and O–H groups in total. The fourth-order valence-electron chi connectivity index (χ4n) is 1.30. The van der Waals surface area contributed by atoms with Gasteiger partial charge in [-0.25, -0.2) is 4.79 Å². The van der Waals surface area contributed by atoms with E-state index in [9.17, 15) is 9.59 Å². The predicted molar refractivity (Wildman–Crippen MR) is 73.8 cm³/mol. The summed E-state index contributed by atoms with van der Waals surface area (Å²) < 4.78 is 6.16. The average Bonchev–Trinajstić information content (AvgIpc) is 2.25. The minimum absolute atomic E-state index is 0.0312. The molecule has 1 aromatic rings. The van der Waals surface area contributed by atoms with Gasteiger partial charge in [0.25, 0.3) is 0 Å². The third-order valence-electron chi connectivity index (χ3n) is 2.01. The summed E-state index contributed by atoms with van der Waals surface area (Å²) in [6.45, 7) is 5.32. The van der Waals surface area contributed by atoms with Crippen LogP contribution in [0.1, 0.15) is 20.8 Å². The van der Waals surface area contributed by atoms with Crippen molar-refractivity contribution in [2.45, 2.75) is 26.4 Å². The second-order valence-electron chi connectivity index (χ2n) is 4.73. The summed E-state index contributed by atoms with van der Waals surface area (Å²) in [6.07, 6.45) is 0.142. The van der Waals surface area contributed by atoms with Crippen molar-refractivity contribution in [3.05, 3.63) is 28.7 Å². The van der Waals surface area contributed by atoms with Crippen molar-refractivity contribution < 1.29 is 14.3 Å². The highest BCUT2D eigenvalue weighted by molar-refractivity contribution is 9.10. The molecule has 0 aliphatic rings. The summed E-state index contributed by atoms with van der Waals surface area (Å²) in [4.78, 5) is 23.9. The van der Waals surface area contributed by atoms with Crippen molar-refractivity contribution >= 4 is 34.0 Å². The van der Waals surface area contributed by atoms with Gasteiger partial charge in [-0.1, -0.05) is 15.9 Å². The molecule has 0 atom stereocenters. The van der Waals surface area contributed by atoms with E-state index in [0.717, 1.165) is 4.47 Å². The molecular formula is C13H16BrNO3. The lowest BCUT2D eigenvalue weighted by Crippen LogP contribution is -2.37. The molecule has 0 spiro atoms. The number of anilines is 1. The van der Waals surface area contributed by atoms with E-state index in [1.165, 1.54) is 4.90 Å². The van der Waals surface area contributed by atoms with Gasteiger partial charge in [-0.2, -0.15) is 0 Å². The number of amides is 1. The molecule has 98 valence electrons. The standard InChI is InChI=1S/C13H16BrNO3/c1-13(2,3)18-12(17)15(8-9-16)11-6-4-10(14)5-7-11/h4-7,9H,8H2,1-3H3. The summed E-state index contributed by atoms with van der Waals surface area (Å²) in [6, 6.07) is 7.10. The second kappa shape index (κ2) is 6.00. The van der Waals surface area contributed by atoms with E-state index in [4.69, 9.17) is 4.74 Å².